The maximum absolute atomic E-state index is 12.9. The molecule has 1 atom stereocenters. The van der Waals surface area contributed by atoms with Crippen molar-refractivity contribution in [2.45, 2.75) is 25.3 Å². The van der Waals surface area contributed by atoms with E-state index in [-0.39, 0.29) is 41.5 Å². The average Bonchev–Trinajstić information content (AvgIpc) is 3.02. The van der Waals surface area contributed by atoms with Crippen molar-refractivity contribution in [3.8, 4) is 5.75 Å². The minimum Gasteiger partial charge on any atom is -0.483 e. The van der Waals surface area contributed by atoms with Crippen LogP contribution in [-0.4, -0.2) is 72.0 Å². The standard InChI is InChI=1S/C20H21ClN4O7/c21-9-15(27)22-7-2-8-23-16(28)10-32-13-4-1-3-11-17(13)20(31)25(19(11)30)12-5-6-14(26)24-18(12)29/h1,3-4,12H,2,5-10H2,(H,22,27)(H,23,28)(H,24,26,29). The topological polar surface area (TPSA) is 151 Å². The van der Waals surface area contributed by atoms with Crippen molar-refractivity contribution >= 4 is 47.0 Å². The number of carbonyl (C=O) groups excluding carboxylic acids is 6. The Balaban J connectivity index is 1.59. The van der Waals surface area contributed by atoms with Gasteiger partial charge in [0, 0.05) is 19.5 Å². The van der Waals surface area contributed by atoms with Gasteiger partial charge in [0.25, 0.3) is 17.7 Å². The number of hydrogen-bond donors (Lipinski definition) is 3. The molecule has 0 radical (unpaired) electrons. The van der Waals surface area contributed by atoms with Gasteiger partial charge in [0.1, 0.15) is 17.7 Å². The van der Waals surface area contributed by atoms with Gasteiger partial charge in [-0.2, -0.15) is 0 Å². The van der Waals surface area contributed by atoms with Gasteiger partial charge in [-0.25, -0.2) is 0 Å². The van der Waals surface area contributed by atoms with Crippen LogP contribution < -0.4 is 20.7 Å². The highest BCUT2D eigenvalue weighted by Gasteiger charge is 2.46. The van der Waals surface area contributed by atoms with Crippen molar-refractivity contribution < 1.29 is 33.5 Å². The Bertz CT molecular complexity index is 981. The average molecular weight is 465 g/mol. The second-order valence-corrected chi connectivity index (χ2v) is 7.37. The Kier molecular flexibility index (Phi) is 7.41. The fraction of sp³-hybridized carbons (Fsp3) is 0.400. The molecule has 1 saturated heterocycles. The van der Waals surface area contributed by atoms with Gasteiger partial charge in [0.2, 0.25) is 17.7 Å². The Morgan fingerprint density at radius 1 is 1.09 bits per heavy atom. The van der Waals surface area contributed by atoms with E-state index in [2.05, 4.69) is 16.0 Å². The van der Waals surface area contributed by atoms with Crippen LogP contribution in [0.4, 0.5) is 0 Å². The first kappa shape index (κ1) is 23.2. The largest absolute Gasteiger partial charge is 0.483 e. The smallest absolute Gasteiger partial charge is 0.266 e. The molecule has 2 aliphatic heterocycles. The van der Waals surface area contributed by atoms with Gasteiger partial charge in [-0.1, -0.05) is 6.07 Å². The minimum absolute atomic E-state index is 0.0168. The molecule has 1 aromatic rings. The zero-order valence-electron chi connectivity index (χ0n) is 16.9. The van der Waals surface area contributed by atoms with Crippen LogP contribution >= 0.6 is 11.6 Å². The zero-order chi connectivity index (χ0) is 23.3. The number of fused-ring (bicyclic) bond motifs is 1. The van der Waals surface area contributed by atoms with Gasteiger partial charge in [-0.15, -0.1) is 11.6 Å². The second-order valence-electron chi connectivity index (χ2n) is 7.10. The third kappa shape index (κ3) is 5.05. The molecule has 1 fully saturated rings. The van der Waals surface area contributed by atoms with Crippen molar-refractivity contribution in [1.82, 2.24) is 20.9 Å². The number of ether oxygens (including phenoxy) is 1. The third-order valence-corrected chi connectivity index (χ3v) is 5.15. The Hall–Kier alpha value is -3.47. The van der Waals surface area contributed by atoms with Crippen LogP contribution in [0.2, 0.25) is 0 Å². The molecular formula is C20H21ClN4O7. The van der Waals surface area contributed by atoms with E-state index in [0.717, 1.165) is 4.90 Å². The molecule has 32 heavy (non-hydrogen) atoms. The number of nitrogens with one attached hydrogen (secondary N) is 3. The van der Waals surface area contributed by atoms with E-state index in [1.165, 1.54) is 18.2 Å². The summed E-state index contributed by atoms with van der Waals surface area (Å²) in [5.41, 5.74) is 0.0337. The second kappa shape index (κ2) is 10.2. The summed E-state index contributed by atoms with van der Waals surface area (Å²) in [6, 6.07) is 3.30. The van der Waals surface area contributed by atoms with Gasteiger partial charge in [0.05, 0.1) is 11.1 Å². The number of halogens is 1. The molecule has 0 aliphatic carbocycles. The molecule has 3 N–H and O–H groups in total. The monoisotopic (exact) mass is 464 g/mol. The lowest BCUT2D eigenvalue weighted by Gasteiger charge is -2.27. The Labute approximate surface area is 187 Å². The Morgan fingerprint density at radius 2 is 1.81 bits per heavy atom. The van der Waals surface area contributed by atoms with Gasteiger partial charge in [0.15, 0.2) is 6.61 Å². The predicted molar refractivity (Wildman–Crippen MR) is 110 cm³/mol. The van der Waals surface area contributed by atoms with Crippen molar-refractivity contribution in [3.63, 3.8) is 0 Å². The number of piperidine rings is 1. The molecule has 11 nitrogen and oxygen atoms in total. The highest BCUT2D eigenvalue weighted by atomic mass is 35.5. The lowest BCUT2D eigenvalue weighted by molar-refractivity contribution is -0.136. The van der Waals surface area contributed by atoms with Crippen molar-refractivity contribution in [2.24, 2.45) is 0 Å². The van der Waals surface area contributed by atoms with Gasteiger partial charge < -0.3 is 15.4 Å². The van der Waals surface area contributed by atoms with E-state index < -0.39 is 42.2 Å². The molecular weight excluding hydrogens is 444 g/mol. The maximum Gasteiger partial charge on any atom is 0.266 e. The molecule has 12 heteroatoms. The van der Waals surface area contributed by atoms with E-state index in [9.17, 15) is 28.8 Å². The fourth-order valence-electron chi connectivity index (χ4n) is 3.39. The summed E-state index contributed by atoms with van der Waals surface area (Å²) in [5, 5.41) is 7.30. The van der Waals surface area contributed by atoms with Crippen molar-refractivity contribution in [3.05, 3.63) is 29.3 Å². The van der Waals surface area contributed by atoms with E-state index in [4.69, 9.17) is 16.3 Å². The first-order chi connectivity index (χ1) is 15.3. The van der Waals surface area contributed by atoms with Crippen LogP contribution in [0.1, 0.15) is 40.0 Å². The number of rotatable bonds is 9. The summed E-state index contributed by atoms with van der Waals surface area (Å²) < 4.78 is 5.47. The minimum atomic E-state index is -1.09. The number of alkyl halides is 1. The number of amides is 6. The van der Waals surface area contributed by atoms with Crippen LogP contribution in [0.15, 0.2) is 18.2 Å². The fourth-order valence-corrected chi connectivity index (χ4v) is 3.48. The van der Waals surface area contributed by atoms with E-state index in [1.807, 2.05) is 0 Å². The van der Waals surface area contributed by atoms with Gasteiger partial charge >= 0.3 is 0 Å². The van der Waals surface area contributed by atoms with E-state index in [0.29, 0.717) is 19.5 Å². The molecule has 2 aliphatic rings. The summed E-state index contributed by atoms with van der Waals surface area (Å²) in [6.45, 7) is 0.244. The number of carbonyl (C=O) groups is 6. The highest BCUT2D eigenvalue weighted by molar-refractivity contribution is 6.27. The third-order valence-electron chi connectivity index (χ3n) is 4.91. The summed E-state index contributed by atoms with van der Waals surface area (Å²) >= 11 is 5.36. The summed E-state index contributed by atoms with van der Waals surface area (Å²) in [6.07, 6.45) is 0.548. The number of imide groups is 2. The molecule has 170 valence electrons. The zero-order valence-corrected chi connectivity index (χ0v) is 17.7. The maximum atomic E-state index is 12.9. The number of benzene rings is 1. The van der Waals surface area contributed by atoms with Crippen LogP contribution in [0, 0.1) is 0 Å². The quantitative estimate of drug-likeness (QED) is 0.249. The van der Waals surface area contributed by atoms with E-state index in [1.54, 1.807) is 0 Å². The SMILES string of the molecule is O=C(CCl)NCCCNC(=O)COc1cccc2c1C(=O)N(C1CCC(=O)NC1=O)C2=O. The highest BCUT2D eigenvalue weighted by Crippen LogP contribution is 2.33. The van der Waals surface area contributed by atoms with Gasteiger partial charge in [-0.3, -0.25) is 39.0 Å². The molecule has 0 bridgehead atoms. The van der Waals surface area contributed by atoms with Gasteiger partial charge in [-0.05, 0) is 25.0 Å². The summed E-state index contributed by atoms with van der Waals surface area (Å²) in [4.78, 5) is 73.1. The molecule has 0 aromatic heterocycles. The summed E-state index contributed by atoms with van der Waals surface area (Å²) in [7, 11) is 0. The first-order valence-corrected chi connectivity index (χ1v) is 10.4. The van der Waals surface area contributed by atoms with Crippen LogP contribution in [0.3, 0.4) is 0 Å². The normalized spacial score (nSPS) is 17.7. The molecule has 0 saturated carbocycles. The molecule has 6 amide bonds. The van der Waals surface area contributed by atoms with Crippen LogP contribution in [0.5, 0.6) is 5.75 Å². The predicted octanol–water partition coefficient (Wildman–Crippen LogP) is -0.672. The molecule has 1 unspecified atom stereocenters. The molecule has 3 rings (SSSR count). The van der Waals surface area contributed by atoms with Crippen molar-refractivity contribution in [2.75, 3.05) is 25.6 Å². The van der Waals surface area contributed by atoms with Crippen molar-refractivity contribution in [1.29, 1.82) is 0 Å². The lowest BCUT2D eigenvalue weighted by Crippen LogP contribution is -2.54. The summed E-state index contributed by atoms with van der Waals surface area (Å²) in [5.74, 6) is -3.39. The molecule has 1 aromatic carbocycles. The van der Waals surface area contributed by atoms with Crippen LogP contribution in [-0.2, 0) is 19.2 Å². The van der Waals surface area contributed by atoms with E-state index >= 15 is 0 Å². The number of nitrogens with zero attached hydrogens (tertiary/aromatic N) is 1. The van der Waals surface area contributed by atoms with Crippen LogP contribution in [0.25, 0.3) is 0 Å². The number of hydrogen-bond acceptors (Lipinski definition) is 7. The Morgan fingerprint density at radius 3 is 2.50 bits per heavy atom. The molecule has 0 spiro atoms. The molecule has 2 heterocycles. The first-order valence-electron chi connectivity index (χ1n) is 9.90. The lowest BCUT2D eigenvalue weighted by atomic mass is 10.0.